The third-order valence-corrected chi connectivity index (χ3v) is 11.5. The van der Waals surface area contributed by atoms with E-state index in [2.05, 4.69) is 111 Å². The van der Waals surface area contributed by atoms with Crippen LogP contribution >= 0.6 is 7.82 Å². The summed E-state index contributed by atoms with van der Waals surface area (Å²) in [6.45, 7) is 4.69. The maximum atomic E-state index is 12.7. The van der Waals surface area contributed by atoms with Gasteiger partial charge in [-0.15, -0.1) is 0 Å². The van der Waals surface area contributed by atoms with Crippen molar-refractivity contribution in [3.05, 3.63) is 97.2 Å². The van der Waals surface area contributed by atoms with E-state index in [9.17, 15) is 14.3 Å². The molecule has 0 saturated carbocycles. The van der Waals surface area contributed by atoms with E-state index < -0.39 is 13.9 Å². The number of esters is 1. The lowest BCUT2D eigenvalue weighted by molar-refractivity contribution is -0.154. The molecule has 0 heterocycles. The van der Waals surface area contributed by atoms with E-state index in [0.717, 1.165) is 83.5 Å². The first-order chi connectivity index (χ1) is 31.4. The molecule has 368 valence electrons. The molecule has 0 aliphatic carbocycles. The van der Waals surface area contributed by atoms with E-state index in [0.29, 0.717) is 13.0 Å². The molecule has 2 unspecified atom stereocenters. The zero-order valence-electron chi connectivity index (χ0n) is 41.0. The van der Waals surface area contributed by atoms with Crippen LogP contribution in [0.15, 0.2) is 97.2 Å². The number of carbonyl (C=O) groups excluding carboxylic acids is 1. The molecule has 2 atom stereocenters. The van der Waals surface area contributed by atoms with Crippen molar-refractivity contribution >= 4 is 13.8 Å². The Kier molecular flexibility index (Phi) is 49.3. The number of allylic oxidation sites excluding steroid dienone is 16. The fraction of sp³-hybridized carbons (Fsp3) is 0.691. The van der Waals surface area contributed by atoms with E-state index in [1.807, 2.05) is 0 Å². The Morgan fingerprint density at radius 1 is 0.484 bits per heavy atom. The summed E-state index contributed by atoms with van der Waals surface area (Å²) in [5.41, 5.74) is 5.39. The number of nitrogens with two attached hydrogens (primary N) is 1. The topological polar surface area (TPSA) is 117 Å². The SMILES string of the molecule is CC/C=C\C/C=C\C/C=C\C/C=C\C/C=C\C/C=C\C/C=C\CCCCOCC(COP(=O)(O)OCCN)OC(=O)CCCCCCCCCCC/C=C\CCCCCCCCCC. The van der Waals surface area contributed by atoms with Gasteiger partial charge in [-0.05, 0) is 96.3 Å². The molecule has 0 fully saturated rings. The van der Waals surface area contributed by atoms with Crippen LogP contribution in [0.2, 0.25) is 0 Å². The van der Waals surface area contributed by atoms with Crippen LogP contribution in [0.25, 0.3) is 0 Å². The molecule has 0 aliphatic rings. The second-order valence-electron chi connectivity index (χ2n) is 16.6. The van der Waals surface area contributed by atoms with Crippen LogP contribution in [0.3, 0.4) is 0 Å². The van der Waals surface area contributed by atoms with Gasteiger partial charge in [0.15, 0.2) is 0 Å². The van der Waals surface area contributed by atoms with Crippen molar-refractivity contribution in [1.29, 1.82) is 0 Å². The molecule has 0 aromatic carbocycles. The minimum absolute atomic E-state index is 0.0801. The molecule has 0 aliphatic heterocycles. The van der Waals surface area contributed by atoms with Crippen LogP contribution in [0.1, 0.15) is 206 Å². The van der Waals surface area contributed by atoms with Gasteiger partial charge in [0.25, 0.3) is 0 Å². The second kappa shape index (κ2) is 51.4. The lowest BCUT2D eigenvalue weighted by atomic mass is 10.1. The Morgan fingerprint density at radius 2 is 0.875 bits per heavy atom. The van der Waals surface area contributed by atoms with Crippen LogP contribution in [-0.2, 0) is 27.9 Å². The molecule has 8 nitrogen and oxygen atoms in total. The average molecular weight is 914 g/mol. The molecular weight excluding hydrogens is 818 g/mol. The van der Waals surface area contributed by atoms with Gasteiger partial charge in [0.1, 0.15) is 6.10 Å². The predicted molar refractivity (Wildman–Crippen MR) is 274 cm³/mol. The van der Waals surface area contributed by atoms with Gasteiger partial charge in [0.2, 0.25) is 0 Å². The number of hydrogen-bond acceptors (Lipinski definition) is 7. The zero-order valence-corrected chi connectivity index (χ0v) is 41.9. The number of phosphoric ester groups is 1. The number of rotatable bonds is 48. The van der Waals surface area contributed by atoms with E-state index in [1.165, 1.54) is 103 Å². The minimum atomic E-state index is -4.30. The normalized spacial score (nSPS) is 14.1. The van der Waals surface area contributed by atoms with E-state index in [-0.39, 0.29) is 32.3 Å². The van der Waals surface area contributed by atoms with Crippen molar-refractivity contribution in [3.8, 4) is 0 Å². The predicted octanol–water partition coefficient (Wildman–Crippen LogP) is 16.2. The first-order valence-electron chi connectivity index (χ1n) is 25.7. The minimum Gasteiger partial charge on any atom is -0.457 e. The monoisotopic (exact) mass is 914 g/mol. The summed E-state index contributed by atoms with van der Waals surface area (Å²) in [4.78, 5) is 22.6. The molecular formula is C55H96NO7P. The molecule has 0 aromatic rings. The number of phosphoric acid groups is 1. The van der Waals surface area contributed by atoms with Gasteiger partial charge in [0, 0.05) is 19.6 Å². The number of hydrogen-bond donors (Lipinski definition) is 2. The molecule has 0 amide bonds. The first kappa shape index (κ1) is 61.4. The first-order valence-corrected chi connectivity index (χ1v) is 27.2. The summed E-state index contributed by atoms with van der Waals surface area (Å²) in [5, 5.41) is 0. The molecule has 3 N–H and O–H groups in total. The van der Waals surface area contributed by atoms with Gasteiger partial charge in [0.05, 0.1) is 19.8 Å². The summed E-state index contributed by atoms with van der Waals surface area (Å²) in [6.07, 6.45) is 68.8. The van der Waals surface area contributed by atoms with Gasteiger partial charge in [-0.1, -0.05) is 201 Å². The average Bonchev–Trinajstić information content (AvgIpc) is 3.29. The van der Waals surface area contributed by atoms with Crippen molar-refractivity contribution in [1.82, 2.24) is 0 Å². The highest BCUT2D eigenvalue weighted by atomic mass is 31.2. The Hall–Kier alpha value is -2.58. The maximum Gasteiger partial charge on any atom is 0.472 e. The Morgan fingerprint density at radius 3 is 1.33 bits per heavy atom. The van der Waals surface area contributed by atoms with Crippen molar-refractivity contribution in [2.24, 2.45) is 5.73 Å². The van der Waals surface area contributed by atoms with Crippen LogP contribution in [0.5, 0.6) is 0 Å². The van der Waals surface area contributed by atoms with Crippen LogP contribution in [0.4, 0.5) is 0 Å². The Labute approximate surface area is 393 Å². The van der Waals surface area contributed by atoms with Crippen molar-refractivity contribution in [2.75, 3.05) is 33.0 Å². The molecule has 0 radical (unpaired) electrons. The van der Waals surface area contributed by atoms with Gasteiger partial charge < -0.3 is 20.1 Å². The zero-order chi connectivity index (χ0) is 46.5. The van der Waals surface area contributed by atoms with Crippen LogP contribution in [0, 0.1) is 0 Å². The largest absolute Gasteiger partial charge is 0.472 e. The molecule has 0 rings (SSSR count). The smallest absolute Gasteiger partial charge is 0.457 e. The van der Waals surface area contributed by atoms with Crippen LogP contribution in [-0.4, -0.2) is 49.9 Å². The highest BCUT2D eigenvalue weighted by Crippen LogP contribution is 2.43. The summed E-state index contributed by atoms with van der Waals surface area (Å²) in [7, 11) is -4.30. The molecule has 9 heteroatoms. The van der Waals surface area contributed by atoms with Gasteiger partial charge in [-0.3, -0.25) is 13.8 Å². The lowest BCUT2D eigenvalue weighted by Gasteiger charge is -2.20. The summed E-state index contributed by atoms with van der Waals surface area (Å²) in [5.74, 6) is -0.350. The van der Waals surface area contributed by atoms with Crippen LogP contribution < -0.4 is 5.73 Å². The quantitative estimate of drug-likeness (QED) is 0.0268. The standard InChI is InChI=1S/C55H96NO7P/c1-3-5-7-9-11-13-15-17-19-21-23-25-26-27-29-31-33-35-37-39-41-43-45-47-50-60-52-54(53-62-64(58,59)61-51-49-56)63-55(57)48-46-44-42-40-38-36-34-32-30-28-24-22-20-18-16-14-12-10-8-6-4-2/h5,7,11,13,17,19,22-25,27,29,33,35,39,41,54H,3-4,6,8-10,12,14-16,18,20-21,26,28,30-32,34,36-38,40,42-53,56H2,1-2H3,(H,58,59)/b7-5-,13-11-,19-17-,24-22-,25-23-,29-27-,35-33-,41-39-. The Bertz CT molecular complexity index is 1300. The molecule has 0 bridgehead atoms. The van der Waals surface area contributed by atoms with E-state index in [1.54, 1.807) is 0 Å². The van der Waals surface area contributed by atoms with E-state index in [4.69, 9.17) is 24.3 Å². The van der Waals surface area contributed by atoms with Gasteiger partial charge >= 0.3 is 13.8 Å². The van der Waals surface area contributed by atoms with Crippen molar-refractivity contribution in [2.45, 2.75) is 213 Å². The van der Waals surface area contributed by atoms with Gasteiger partial charge in [-0.2, -0.15) is 0 Å². The highest BCUT2D eigenvalue weighted by Gasteiger charge is 2.25. The molecule has 0 spiro atoms. The third kappa shape index (κ3) is 50.4. The molecule has 0 saturated heterocycles. The third-order valence-electron chi connectivity index (χ3n) is 10.5. The fourth-order valence-corrected chi connectivity index (χ4v) is 7.50. The second-order valence-corrected chi connectivity index (χ2v) is 18.1. The highest BCUT2D eigenvalue weighted by molar-refractivity contribution is 7.47. The summed E-state index contributed by atoms with van der Waals surface area (Å²) < 4.78 is 33.5. The van der Waals surface area contributed by atoms with Crippen molar-refractivity contribution < 1.29 is 32.8 Å². The van der Waals surface area contributed by atoms with Gasteiger partial charge in [-0.25, -0.2) is 4.57 Å². The van der Waals surface area contributed by atoms with E-state index >= 15 is 0 Å². The summed E-state index contributed by atoms with van der Waals surface area (Å²) in [6, 6.07) is 0. The van der Waals surface area contributed by atoms with Crippen molar-refractivity contribution in [3.63, 3.8) is 0 Å². The number of unbranched alkanes of at least 4 members (excludes halogenated alkanes) is 19. The fourth-order valence-electron chi connectivity index (χ4n) is 6.74. The number of ether oxygens (including phenoxy) is 2. The molecule has 0 aromatic heterocycles. The molecule has 64 heavy (non-hydrogen) atoms. The number of carbonyl (C=O) groups is 1. The summed E-state index contributed by atoms with van der Waals surface area (Å²) >= 11 is 0. The lowest BCUT2D eigenvalue weighted by Crippen LogP contribution is -2.28. The maximum absolute atomic E-state index is 12.7. The Balaban J connectivity index is 4.07.